The van der Waals surface area contributed by atoms with Crippen LogP contribution in [0.5, 0.6) is 5.75 Å². The lowest BCUT2D eigenvalue weighted by Crippen LogP contribution is -2.11. The second kappa shape index (κ2) is 6.75. The van der Waals surface area contributed by atoms with E-state index in [4.69, 9.17) is 4.74 Å². The summed E-state index contributed by atoms with van der Waals surface area (Å²) in [5.41, 5.74) is -0.830. The summed E-state index contributed by atoms with van der Waals surface area (Å²) in [6.07, 6.45) is 1.81. The molecule has 134 valence electrons. The molecule has 1 aliphatic carbocycles. The van der Waals surface area contributed by atoms with Gasteiger partial charge in [0.1, 0.15) is 11.5 Å². The van der Waals surface area contributed by atoms with Gasteiger partial charge in [-0.3, -0.25) is 20.2 Å². The molecule has 10 heteroatoms. The highest BCUT2D eigenvalue weighted by Gasteiger charge is 2.26. The largest absolute Gasteiger partial charge is 0.415 e. The van der Waals surface area contributed by atoms with Crippen LogP contribution in [0.2, 0.25) is 0 Å². The van der Waals surface area contributed by atoms with Crippen LogP contribution in [0, 0.1) is 26.0 Å². The third-order valence-electron chi connectivity index (χ3n) is 3.69. The lowest BCUT2D eigenvalue weighted by atomic mass is 10.1. The van der Waals surface area contributed by atoms with E-state index in [2.05, 4.69) is 5.32 Å². The molecule has 2 aromatic carbocycles. The van der Waals surface area contributed by atoms with E-state index in [9.17, 15) is 29.4 Å². The van der Waals surface area contributed by atoms with Crippen LogP contribution in [0.4, 0.5) is 21.5 Å². The van der Waals surface area contributed by atoms with Crippen LogP contribution in [0.3, 0.4) is 0 Å². The van der Waals surface area contributed by atoms with E-state index in [0.717, 1.165) is 31.0 Å². The summed E-state index contributed by atoms with van der Waals surface area (Å²) in [6, 6.07) is 6.27. The van der Waals surface area contributed by atoms with E-state index in [1.165, 1.54) is 12.1 Å². The maximum Gasteiger partial charge on any atom is 0.344 e. The van der Waals surface area contributed by atoms with E-state index in [-0.39, 0.29) is 23.0 Å². The average molecular weight is 361 g/mol. The highest BCUT2D eigenvalue weighted by atomic mass is 19.1. The first-order chi connectivity index (χ1) is 12.3. The van der Waals surface area contributed by atoms with Gasteiger partial charge < -0.3 is 10.1 Å². The zero-order valence-electron chi connectivity index (χ0n) is 13.2. The summed E-state index contributed by atoms with van der Waals surface area (Å²) in [5.74, 6) is -2.48. The Labute approximate surface area is 145 Å². The van der Waals surface area contributed by atoms with Crippen molar-refractivity contribution in [2.24, 2.45) is 0 Å². The standard InChI is InChI=1S/C16H12FN3O6/c17-10-2-6-13(19(22)23)15(8-10)26-16(21)9-1-5-12(18-11-3-4-11)14(7-9)20(24)25/h1-2,5-8,11,18H,3-4H2. The summed E-state index contributed by atoms with van der Waals surface area (Å²) < 4.78 is 18.2. The van der Waals surface area contributed by atoms with Crippen molar-refractivity contribution >= 4 is 23.0 Å². The molecule has 1 saturated carbocycles. The molecule has 1 aliphatic rings. The number of ether oxygens (including phenoxy) is 1. The molecule has 0 unspecified atom stereocenters. The second-order valence-corrected chi connectivity index (χ2v) is 5.67. The lowest BCUT2D eigenvalue weighted by molar-refractivity contribution is -0.385. The van der Waals surface area contributed by atoms with Gasteiger partial charge in [0.15, 0.2) is 0 Å². The van der Waals surface area contributed by atoms with Gasteiger partial charge in [-0.2, -0.15) is 0 Å². The minimum Gasteiger partial charge on any atom is -0.415 e. The Morgan fingerprint density at radius 3 is 2.38 bits per heavy atom. The number of nitrogens with zero attached hydrogens (tertiary/aromatic N) is 2. The predicted molar refractivity (Wildman–Crippen MR) is 87.8 cm³/mol. The molecule has 2 aromatic rings. The van der Waals surface area contributed by atoms with E-state index in [0.29, 0.717) is 6.07 Å². The van der Waals surface area contributed by atoms with Crippen LogP contribution in [0.15, 0.2) is 36.4 Å². The number of hydrogen-bond donors (Lipinski definition) is 1. The Bertz CT molecular complexity index is 913. The van der Waals surface area contributed by atoms with Crippen molar-refractivity contribution in [1.29, 1.82) is 0 Å². The number of carbonyl (C=O) groups excluding carboxylic acids is 1. The fourth-order valence-corrected chi connectivity index (χ4v) is 2.26. The van der Waals surface area contributed by atoms with Crippen molar-refractivity contribution < 1.29 is 23.8 Å². The Morgan fingerprint density at radius 1 is 1.08 bits per heavy atom. The summed E-state index contributed by atoms with van der Waals surface area (Å²) in [5, 5.41) is 25.1. The number of hydrogen-bond acceptors (Lipinski definition) is 7. The predicted octanol–water partition coefficient (Wildman–Crippen LogP) is 3.44. The number of rotatable bonds is 6. The highest BCUT2D eigenvalue weighted by molar-refractivity contribution is 5.93. The quantitative estimate of drug-likeness (QED) is 0.361. The molecule has 0 aliphatic heterocycles. The summed E-state index contributed by atoms with van der Waals surface area (Å²) in [6.45, 7) is 0. The number of nitro groups is 2. The van der Waals surface area contributed by atoms with Crippen molar-refractivity contribution in [3.05, 3.63) is 68.0 Å². The Kier molecular flexibility index (Phi) is 4.48. The molecular weight excluding hydrogens is 349 g/mol. The number of benzene rings is 2. The van der Waals surface area contributed by atoms with Gasteiger partial charge in [-0.1, -0.05) is 0 Å². The van der Waals surface area contributed by atoms with Crippen LogP contribution in [-0.4, -0.2) is 21.9 Å². The van der Waals surface area contributed by atoms with E-state index >= 15 is 0 Å². The molecule has 1 N–H and O–H groups in total. The first kappa shape index (κ1) is 17.3. The van der Waals surface area contributed by atoms with Crippen LogP contribution >= 0.6 is 0 Å². The van der Waals surface area contributed by atoms with Crippen LogP contribution in [0.25, 0.3) is 0 Å². The number of nitro benzene ring substituents is 2. The zero-order chi connectivity index (χ0) is 18.8. The Balaban J connectivity index is 1.88. The van der Waals surface area contributed by atoms with Gasteiger partial charge in [-0.25, -0.2) is 9.18 Å². The molecule has 0 saturated heterocycles. The first-order valence-electron chi connectivity index (χ1n) is 7.56. The maximum absolute atomic E-state index is 13.3. The van der Waals surface area contributed by atoms with Crippen LogP contribution in [0.1, 0.15) is 23.2 Å². The van der Waals surface area contributed by atoms with Gasteiger partial charge in [-0.05, 0) is 31.0 Å². The first-order valence-corrected chi connectivity index (χ1v) is 7.56. The lowest BCUT2D eigenvalue weighted by Gasteiger charge is -2.08. The fraction of sp³-hybridized carbons (Fsp3) is 0.188. The Morgan fingerprint density at radius 2 is 1.77 bits per heavy atom. The molecule has 0 atom stereocenters. The molecule has 0 aromatic heterocycles. The number of halogens is 1. The second-order valence-electron chi connectivity index (χ2n) is 5.67. The molecule has 0 amide bonds. The third kappa shape index (κ3) is 3.74. The van der Waals surface area contributed by atoms with Crippen molar-refractivity contribution in [2.45, 2.75) is 18.9 Å². The zero-order valence-corrected chi connectivity index (χ0v) is 13.2. The van der Waals surface area contributed by atoms with E-state index < -0.39 is 33.1 Å². The topological polar surface area (TPSA) is 125 Å². The molecule has 3 rings (SSSR count). The van der Waals surface area contributed by atoms with Gasteiger partial charge >= 0.3 is 11.7 Å². The van der Waals surface area contributed by atoms with Crippen LogP contribution in [-0.2, 0) is 0 Å². The van der Waals surface area contributed by atoms with Gasteiger partial charge in [0, 0.05) is 24.2 Å². The number of esters is 1. The minimum atomic E-state index is -1.07. The monoisotopic (exact) mass is 361 g/mol. The summed E-state index contributed by atoms with van der Waals surface area (Å²) >= 11 is 0. The van der Waals surface area contributed by atoms with E-state index in [1.807, 2.05) is 0 Å². The van der Waals surface area contributed by atoms with Crippen LogP contribution < -0.4 is 10.1 Å². The van der Waals surface area contributed by atoms with Crippen molar-refractivity contribution in [3.63, 3.8) is 0 Å². The van der Waals surface area contributed by atoms with Gasteiger partial charge in [0.2, 0.25) is 5.75 Å². The van der Waals surface area contributed by atoms with Gasteiger partial charge in [0.25, 0.3) is 5.69 Å². The molecule has 26 heavy (non-hydrogen) atoms. The number of anilines is 1. The molecule has 0 bridgehead atoms. The van der Waals surface area contributed by atoms with E-state index in [1.54, 1.807) is 0 Å². The van der Waals surface area contributed by atoms with Crippen molar-refractivity contribution in [1.82, 2.24) is 0 Å². The normalized spacial score (nSPS) is 13.1. The van der Waals surface area contributed by atoms with Crippen molar-refractivity contribution in [2.75, 3.05) is 5.32 Å². The fourth-order valence-electron chi connectivity index (χ4n) is 2.26. The SMILES string of the molecule is O=C(Oc1cc(F)ccc1[N+](=O)[O-])c1ccc(NC2CC2)c([N+](=O)[O-])c1. The molecular formula is C16H12FN3O6. The third-order valence-corrected chi connectivity index (χ3v) is 3.69. The number of nitrogens with one attached hydrogen (secondary N) is 1. The smallest absolute Gasteiger partial charge is 0.344 e. The molecule has 9 nitrogen and oxygen atoms in total. The summed E-state index contributed by atoms with van der Waals surface area (Å²) in [4.78, 5) is 32.9. The molecule has 1 fully saturated rings. The molecule has 0 radical (unpaired) electrons. The maximum atomic E-state index is 13.3. The molecule has 0 spiro atoms. The number of carbonyl (C=O) groups is 1. The highest BCUT2D eigenvalue weighted by Crippen LogP contribution is 2.33. The molecule has 0 heterocycles. The summed E-state index contributed by atoms with van der Waals surface area (Å²) in [7, 11) is 0. The van der Waals surface area contributed by atoms with Crippen molar-refractivity contribution in [3.8, 4) is 5.75 Å². The minimum absolute atomic E-state index is 0.168. The van der Waals surface area contributed by atoms with Gasteiger partial charge in [-0.15, -0.1) is 0 Å². The van der Waals surface area contributed by atoms with Gasteiger partial charge in [0.05, 0.1) is 15.4 Å². The average Bonchev–Trinajstić information content (AvgIpc) is 3.38. The Hall–Kier alpha value is -3.56.